The van der Waals surface area contributed by atoms with E-state index in [9.17, 15) is 22.4 Å². The number of hydrogen-bond donors (Lipinski definition) is 1. The van der Waals surface area contributed by atoms with Crippen LogP contribution in [0.5, 0.6) is 0 Å². The van der Waals surface area contributed by atoms with E-state index in [1.165, 1.54) is 25.3 Å². The summed E-state index contributed by atoms with van der Waals surface area (Å²) in [5.41, 5.74) is 1.72. The number of ether oxygens (including phenoxy) is 1. The summed E-state index contributed by atoms with van der Waals surface area (Å²) in [6.45, 7) is 3.12. The molecule has 0 fully saturated rings. The monoisotopic (exact) mass is 449 g/mol. The zero-order valence-electron chi connectivity index (χ0n) is 18.0. The fourth-order valence-electron chi connectivity index (χ4n) is 3.42. The number of esters is 1. The molecule has 8 heteroatoms. The van der Waals surface area contributed by atoms with Gasteiger partial charge in [-0.2, -0.15) is 0 Å². The highest BCUT2D eigenvalue weighted by Crippen LogP contribution is 2.19. The van der Waals surface area contributed by atoms with Crippen molar-refractivity contribution in [3.63, 3.8) is 0 Å². The Morgan fingerprint density at radius 3 is 2.29 bits per heavy atom. The second kappa shape index (κ2) is 11.0. The van der Waals surface area contributed by atoms with Crippen LogP contribution in [0.15, 0.2) is 41.3 Å². The number of rotatable bonds is 10. The van der Waals surface area contributed by atoms with Gasteiger partial charge >= 0.3 is 5.97 Å². The van der Waals surface area contributed by atoms with Crippen LogP contribution in [-0.2, 0) is 26.0 Å². The van der Waals surface area contributed by atoms with E-state index in [1.807, 2.05) is 6.07 Å². The van der Waals surface area contributed by atoms with Gasteiger partial charge in [-0.05, 0) is 74.1 Å². The van der Waals surface area contributed by atoms with Gasteiger partial charge in [0.1, 0.15) is 5.82 Å². The average molecular weight is 450 g/mol. The Bertz CT molecular complexity index is 1030. The molecule has 2 rings (SSSR count). The molecular formula is C23H28FNO5S. The molecule has 0 aliphatic heterocycles. The number of unbranched alkanes of at least 4 members (excludes halogenated alkanes) is 3. The van der Waals surface area contributed by atoms with Crippen molar-refractivity contribution in [1.82, 2.24) is 4.72 Å². The van der Waals surface area contributed by atoms with Crippen LogP contribution in [0.2, 0.25) is 0 Å². The predicted octanol–water partition coefficient (Wildman–Crippen LogP) is 4.23. The number of carbonyl (C=O) groups is 2. The molecule has 6 nitrogen and oxygen atoms in total. The average Bonchev–Trinajstić information content (AvgIpc) is 2.69. The summed E-state index contributed by atoms with van der Waals surface area (Å²) in [7, 11) is -2.70. The highest BCUT2D eigenvalue weighted by Gasteiger charge is 2.22. The van der Waals surface area contributed by atoms with Gasteiger partial charge in [-0.1, -0.05) is 25.0 Å². The van der Waals surface area contributed by atoms with Crippen LogP contribution in [-0.4, -0.2) is 27.4 Å². The van der Waals surface area contributed by atoms with Crippen LogP contribution in [0, 0.1) is 19.7 Å². The first-order chi connectivity index (χ1) is 14.6. The lowest BCUT2D eigenvalue weighted by atomic mass is 10.0. The van der Waals surface area contributed by atoms with Crippen LogP contribution in [0.4, 0.5) is 4.39 Å². The quantitative estimate of drug-likeness (QED) is 0.433. The first kappa shape index (κ1) is 24.5. The number of hydrogen-bond acceptors (Lipinski definition) is 5. The van der Waals surface area contributed by atoms with Gasteiger partial charge in [0.15, 0.2) is 0 Å². The minimum Gasteiger partial charge on any atom is -0.469 e. The van der Waals surface area contributed by atoms with Crippen LogP contribution in [0.3, 0.4) is 0 Å². The highest BCUT2D eigenvalue weighted by atomic mass is 32.2. The van der Waals surface area contributed by atoms with Gasteiger partial charge in [-0.15, -0.1) is 0 Å². The molecule has 0 unspecified atom stereocenters. The summed E-state index contributed by atoms with van der Waals surface area (Å²) in [5.74, 6) is -1.48. The lowest BCUT2D eigenvalue weighted by Gasteiger charge is -2.12. The fraction of sp³-hybridized carbons (Fsp3) is 0.391. The van der Waals surface area contributed by atoms with Crippen molar-refractivity contribution in [2.24, 2.45) is 0 Å². The molecule has 0 atom stereocenters. The van der Waals surface area contributed by atoms with Gasteiger partial charge in [0.25, 0.3) is 15.9 Å². The van der Waals surface area contributed by atoms with Gasteiger partial charge in [-0.3, -0.25) is 9.59 Å². The molecule has 168 valence electrons. The summed E-state index contributed by atoms with van der Waals surface area (Å²) in [6, 6.07) is 8.85. The maximum atomic E-state index is 13.5. The van der Waals surface area contributed by atoms with Gasteiger partial charge in [0.05, 0.1) is 12.0 Å². The van der Waals surface area contributed by atoms with Crippen molar-refractivity contribution in [3.05, 3.63) is 64.5 Å². The van der Waals surface area contributed by atoms with Crippen LogP contribution < -0.4 is 4.72 Å². The van der Waals surface area contributed by atoms with E-state index in [1.54, 1.807) is 26.0 Å². The molecular weight excluding hydrogens is 421 g/mol. The van der Waals surface area contributed by atoms with E-state index in [2.05, 4.69) is 9.46 Å². The minimum absolute atomic E-state index is 0.00135. The predicted molar refractivity (Wildman–Crippen MR) is 116 cm³/mol. The van der Waals surface area contributed by atoms with Crippen molar-refractivity contribution in [2.75, 3.05) is 7.11 Å². The highest BCUT2D eigenvalue weighted by molar-refractivity contribution is 7.90. The van der Waals surface area contributed by atoms with Crippen LogP contribution in [0.25, 0.3) is 0 Å². The summed E-state index contributed by atoms with van der Waals surface area (Å²) in [5, 5.41) is 0. The van der Waals surface area contributed by atoms with Gasteiger partial charge in [-0.25, -0.2) is 17.5 Å². The van der Waals surface area contributed by atoms with E-state index in [0.717, 1.165) is 31.2 Å². The molecule has 2 aromatic rings. The van der Waals surface area contributed by atoms with E-state index >= 15 is 0 Å². The topological polar surface area (TPSA) is 89.5 Å². The van der Waals surface area contributed by atoms with Crippen molar-refractivity contribution in [3.8, 4) is 0 Å². The second-order valence-electron chi connectivity index (χ2n) is 7.49. The Balaban J connectivity index is 1.99. The first-order valence-corrected chi connectivity index (χ1v) is 11.6. The summed E-state index contributed by atoms with van der Waals surface area (Å²) < 4.78 is 45.6. The molecule has 1 amide bonds. The molecule has 31 heavy (non-hydrogen) atoms. The third-order valence-corrected chi connectivity index (χ3v) is 6.31. The standard InChI is InChI=1S/C23H28FNO5S/c1-16-13-19(24)14-17(2)22(16)23(27)25-31(28,29)20-11-8-10-18(15-20)9-6-4-5-7-12-21(26)30-3/h8,10-11,13-15H,4-7,9,12H2,1-3H3,(H,25,27). The Hall–Kier alpha value is -2.74. The molecule has 1 N–H and O–H groups in total. The first-order valence-electron chi connectivity index (χ1n) is 10.1. The zero-order valence-corrected chi connectivity index (χ0v) is 18.9. The minimum atomic E-state index is -4.07. The number of benzene rings is 2. The molecule has 0 aromatic heterocycles. The molecule has 0 radical (unpaired) electrons. The maximum Gasteiger partial charge on any atom is 0.305 e. The lowest BCUT2D eigenvalue weighted by molar-refractivity contribution is -0.140. The number of methoxy groups -OCH3 is 1. The zero-order chi connectivity index (χ0) is 23.0. The van der Waals surface area contributed by atoms with E-state index in [0.29, 0.717) is 24.0 Å². The van der Waals surface area contributed by atoms with Gasteiger partial charge in [0, 0.05) is 12.0 Å². The number of aryl methyl sites for hydroxylation is 3. The van der Waals surface area contributed by atoms with Crippen molar-refractivity contribution >= 4 is 21.9 Å². The normalized spacial score (nSPS) is 11.2. The molecule has 2 aromatic carbocycles. The Labute approximate surface area is 182 Å². The molecule has 0 saturated heterocycles. The Kier molecular flexibility index (Phi) is 8.74. The maximum absolute atomic E-state index is 13.5. The second-order valence-corrected chi connectivity index (χ2v) is 9.17. The molecule has 0 aliphatic carbocycles. The van der Waals surface area contributed by atoms with Gasteiger partial charge < -0.3 is 4.74 Å². The van der Waals surface area contributed by atoms with Crippen molar-refractivity contribution in [2.45, 2.75) is 57.3 Å². The van der Waals surface area contributed by atoms with E-state index < -0.39 is 21.7 Å². The molecule has 0 spiro atoms. The molecule has 0 bridgehead atoms. The van der Waals surface area contributed by atoms with E-state index in [-0.39, 0.29) is 16.4 Å². The summed E-state index contributed by atoms with van der Waals surface area (Å²) >= 11 is 0. The number of amides is 1. The largest absolute Gasteiger partial charge is 0.469 e. The van der Waals surface area contributed by atoms with Crippen LogP contribution >= 0.6 is 0 Å². The summed E-state index contributed by atoms with van der Waals surface area (Å²) in [6.07, 6.45) is 4.50. The van der Waals surface area contributed by atoms with E-state index in [4.69, 9.17) is 0 Å². The Morgan fingerprint density at radius 2 is 1.65 bits per heavy atom. The van der Waals surface area contributed by atoms with Crippen molar-refractivity contribution < 1.29 is 27.1 Å². The Morgan fingerprint density at radius 1 is 1.00 bits per heavy atom. The summed E-state index contributed by atoms with van der Waals surface area (Å²) in [4.78, 5) is 23.7. The molecule has 0 heterocycles. The van der Waals surface area contributed by atoms with Crippen molar-refractivity contribution in [1.29, 1.82) is 0 Å². The van der Waals surface area contributed by atoms with Gasteiger partial charge in [0.2, 0.25) is 0 Å². The van der Waals surface area contributed by atoms with Crippen LogP contribution in [0.1, 0.15) is 59.2 Å². The third kappa shape index (κ3) is 7.17. The number of halogens is 1. The molecule has 0 aliphatic rings. The number of carbonyl (C=O) groups excluding carboxylic acids is 2. The number of nitrogens with one attached hydrogen (secondary N) is 1. The third-order valence-electron chi connectivity index (χ3n) is 4.98. The smallest absolute Gasteiger partial charge is 0.305 e. The lowest BCUT2D eigenvalue weighted by Crippen LogP contribution is -2.31. The SMILES string of the molecule is COC(=O)CCCCCCc1cccc(S(=O)(=O)NC(=O)c2c(C)cc(F)cc2C)c1. The molecule has 0 saturated carbocycles. The number of sulfonamides is 1. The fourth-order valence-corrected chi connectivity index (χ4v) is 4.45.